The van der Waals surface area contributed by atoms with Crippen molar-refractivity contribution in [3.05, 3.63) is 21.2 Å². The molecule has 0 radical (unpaired) electrons. The fraction of sp³-hybridized carbons (Fsp3) is 0.600. The van der Waals surface area contributed by atoms with Gasteiger partial charge in [0.2, 0.25) is 0 Å². The van der Waals surface area contributed by atoms with Gasteiger partial charge in [0.1, 0.15) is 10.3 Å². The van der Waals surface area contributed by atoms with Crippen LogP contribution in [0.2, 0.25) is 0 Å². The van der Waals surface area contributed by atoms with Crippen LogP contribution >= 0.6 is 15.9 Å². The van der Waals surface area contributed by atoms with Crippen LogP contribution in [0, 0.1) is 5.41 Å². The van der Waals surface area contributed by atoms with Crippen molar-refractivity contribution in [1.29, 1.82) is 0 Å². The number of nitrogens with one attached hydrogen (secondary N) is 2. The van der Waals surface area contributed by atoms with E-state index in [4.69, 9.17) is 5.73 Å². The number of aromatic nitrogens is 2. The minimum atomic E-state index is -0.182. The summed E-state index contributed by atoms with van der Waals surface area (Å²) in [5.74, 6) is 0.578. The molecule has 5 nitrogen and oxygen atoms in total. The maximum Gasteiger partial charge on any atom is 0.267 e. The summed E-state index contributed by atoms with van der Waals surface area (Å²) in [5.41, 5.74) is 5.78. The third-order valence-corrected chi connectivity index (χ3v) is 4.19. The Bertz CT molecular complexity index is 456. The molecule has 1 aromatic rings. The lowest BCUT2D eigenvalue weighted by Gasteiger charge is -2.50. The van der Waals surface area contributed by atoms with Gasteiger partial charge in [0.15, 0.2) is 0 Å². The number of nitrogens with zero attached hydrogens (tertiary/aromatic N) is 1. The molecular weight excluding hydrogens is 272 g/mol. The molecule has 0 aromatic carbocycles. The van der Waals surface area contributed by atoms with Crippen LogP contribution in [0.4, 0.5) is 5.82 Å². The van der Waals surface area contributed by atoms with Gasteiger partial charge in [0.25, 0.3) is 5.56 Å². The highest BCUT2D eigenvalue weighted by Crippen LogP contribution is 2.41. The lowest BCUT2D eigenvalue weighted by molar-refractivity contribution is 0.117. The largest absolute Gasteiger partial charge is 0.366 e. The molecule has 2 unspecified atom stereocenters. The fourth-order valence-electron chi connectivity index (χ4n) is 1.85. The lowest BCUT2D eigenvalue weighted by atomic mass is 9.63. The SMILES string of the molecule is CC1(C)C(N)CC1Nc1nc[nH]c(=O)c1Br. The molecule has 4 N–H and O–H groups in total. The van der Waals surface area contributed by atoms with Crippen LogP contribution in [0.5, 0.6) is 0 Å². The van der Waals surface area contributed by atoms with E-state index in [1.807, 2.05) is 0 Å². The summed E-state index contributed by atoms with van der Waals surface area (Å²) in [7, 11) is 0. The maximum absolute atomic E-state index is 11.3. The van der Waals surface area contributed by atoms with Gasteiger partial charge < -0.3 is 16.0 Å². The monoisotopic (exact) mass is 286 g/mol. The maximum atomic E-state index is 11.3. The van der Waals surface area contributed by atoms with Crippen LogP contribution in [0.15, 0.2) is 15.6 Å². The Hall–Kier alpha value is -0.880. The molecule has 0 amide bonds. The molecule has 2 rings (SSSR count). The minimum absolute atomic E-state index is 0.0315. The van der Waals surface area contributed by atoms with Crippen LogP contribution in [0.3, 0.4) is 0 Å². The van der Waals surface area contributed by atoms with Gasteiger partial charge in [-0.25, -0.2) is 4.98 Å². The van der Waals surface area contributed by atoms with E-state index in [1.54, 1.807) is 0 Å². The first-order valence-electron chi connectivity index (χ1n) is 5.18. The van der Waals surface area contributed by atoms with E-state index in [0.29, 0.717) is 10.3 Å². The van der Waals surface area contributed by atoms with Gasteiger partial charge in [0.05, 0.1) is 6.33 Å². The third-order valence-electron chi connectivity index (χ3n) is 3.45. The average molecular weight is 287 g/mol. The molecular formula is C10H15BrN4O. The quantitative estimate of drug-likeness (QED) is 0.759. The van der Waals surface area contributed by atoms with Crippen molar-refractivity contribution >= 4 is 21.7 Å². The van der Waals surface area contributed by atoms with Gasteiger partial charge in [-0.05, 0) is 22.4 Å². The Kier molecular flexibility index (Phi) is 2.79. The van der Waals surface area contributed by atoms with Crippen LogP contribution < -0.4 is 16.6 Å². The Morgan fingerprint density at radius 3 is 2.94 bits per heavy atom. The normalized spacial score (nSPS) is 27.2. The molecule has 88 valence electrons. The van der Waals surface area contributed by atoms with Gasteiger partial charge in [0, 0.05) is 17.5 Å². The first-order chi connectivity index (χ1) is 7.43. The number of rotatable bonds is 2. The number of nitrogens with two attached hydrogens (primary N) is 1. The van der Waals surface area contributed by atoms with Gasteiger partial charge in [-0.15, -0.1) is 0 Å². The molecule has 0 spiro atoms. The second kappa shape index (κ2) is 3.85. The van der Waals surface area contributed by atoms with Crippen molar-refractivity contribution in [3.8, 4) is 0 Å². The Morgan fingerprint density at radius 2 is 2.38 bits per heavy atom. The third kappa shape index (κ3) is 1.76. The highest BCUT2D eigenvalue weighted by atomic mass is 79.9. The van der Waals surface area contributed by atoms with E-state index >= 15 is 0 Å². The van der Waals surface area contributed by atoms with Crippen molar-refractivity contribution in [2.75, 3.05) is 5.32 Å². The Labute approximate surface area is 102 Å². The van der Waals surface area contributed by atoms with E-state index < -0.39 is 0 Å². The zero-order valence-corrected chi connectivity index (χ0v) is 10.8. The average Bonchev–Trinajstić information content (AvgIpc) is 2.24. The summed E-state index contributed by atoms with van der Waals surface area (Å²) in [4.78, 5) is 17.9. The smallest absolute Gasteiger partial charge is 0.267 e. The van der Waals surface area contributed by atoms with Crippen LogP contribution in [0.1, 0.15) is 20.3 Å². The number of aromatic amines is 1. The molecule has 1 aliphatic carbocycles. The number of H-pyrrole nitrogens is 1. The lowest BCUT2D eigenvalue weighted by Crippen LogP contribution is -2.61. The molecule has 0 aliphatic heterocycles. The molecule has 0 bridgehead atoms. The van der Waals surface area contributed by atoms with Crippen molar-refractivity contribution in [1.82, 2.24) is 9.97 Å². The second-order valence-corrected chi connectivity index (χ2v) is 5.55. The van der Waals surface area contributed by atoms with Crippen LogP contribution in [0.25, 0.3) is 0 Å². The summed E-state index contributed by atoms with van der Waals surface area (Å²) >= 11 is 3.21. The van der Waals surface area contributed by atoms with E-state index in [0.717, 1.165) is 6.42 Å². The summed E-state index contributed by atoms with van der Waals surface area (Å²) in [6.45, 7) is 4.22. The standard InChI is InChI=1S/C10H15BrN4O/c1-10(2)5(12)3-6(10)15-8-7(11)9(16)14-4-13-8/h4-6H,3,12H2,1-2H3,(H2,13,14,15,16). The molecule has 1 saturated carbocycles. The summed E-state index contributed by atoms with van der Waals surface area (Å²) in [6.07, 6.45) is 2.29. The molecule has 1 aromatic heterocycles. The molecule has 16 heavy (non-hydrogen) atoms. The van der Waals surface area contributed by atoms with E-state index in [9.17, 15) is 4.79 Å². The van der Waals surface area contributed by atoms with E-state index in [2.05, 4.69) is 45.1 Å². The molecule has 1 heterocycles. The van der Waals surface area contributed by atoms with E-state index in [1.165, 1.54) is 6.33 Å². The van der Waals surface area contributed by atoms with Crippen LogP contribution in [-0.2, 0) is 0 Å². The van der Waals surface area contributed by atoms with Crippen molar-refractivity contribution in [2.45, 2.75) is 32.4 Å². The van der Waals surface area contributed by atoms with Gasteiger partial charge >= 0.3 is 0 Å². The molecule has 2 atom stereocenters. The first-order valence-corrected chi connectivity index (χ1v) is 5.97. The van der Waals surface area contributed by atoms with Gasteiger partial charge in [-0.2, -0.15) is 0 Å². The predicted molar refractivity (Wildman–Crippen MR) is 66.3 cm³/mol. The highest BCUT2D eigenvalue weighted by Gasteiger charge is 2.46. The zero-order chi connectivity index (χ0) is 11.9. The summed E-state index contributed by atoms with van der Waals surface area (Å²) in [6, 6.07) is 0.457. The second-order valence-electron chi connectivity index (χ2n) is 4.75. The van der Waals surface area contributed by atoms with Gasteiger partial charge in [-0.3, -0.25) is 4.79 Å². The molecule has 1 fully saturated rings. The summed E-state index contributed by atoms with van der Waals surface area (Å²) < 4.78 is 0.436. The topological polar surface area (TPSA) is 83.8 Å². The Balaban J connectivity index is 2.17. The molecule has 6 heteroatoms. The van der Waals surface area contributed by atoms with Crippen LogP contribution in [-0.4, -0.2) is 22.1 Å². The van der Waals surface area contributed by atoms with Gasteiger partial charge in [-0.1, -0.05) is 13.8 Å². The molecule has 1 aliphatic rings. The minimum Gasteiger partial charge on any atom is -0.366 e. The number of hydrogen-bond acceptors (Lipinski definition) is 4. The molecule has 0 saturated heterocycles. The Morgan fingerprint density at radius 1 is 1.69 bits per heavy atom. The van der Waals surface area contributed by atoms with Crippen molar-refractivity contribution in [2.24, 2.45) is 11.1 Å². The van der Waals surface area contributed by atoms with E-state index in [-0.39, 0.29) is 23.1 Å². The summed E-state index contributed by atoms with van der Waals surface area (Å²) in [5, 5.41) is 3.25. The number of anilines is 1. The fourth-order valence-corrected chi connectivity index (χ4v) is 2.18. The number of halogens is 1. The van der Waals surface area contributed by atoms with Crippen molar-refractivity contribution < 1.29 is 0 Å². The van der Waals surface area contributed by atoms with Crippen molar-refractivity contribution in [3.63, 3.8) is 0 Å². The highest BCUT2D eigenvalue weighted by molar-refractivity contribution is 9.10. The zero-order valence-electron chi connectivity index (χ0n) is 9.25. The number of hydrogen-bond donors (Lipinski definition) is 3. The first kappa shape index (κ1) is 11.6. The predicted octanol–water partition coefficient (Wildman–Crippen LogP) is 1.07.